The van der Waals surface area contributed by atoms with Crippen molar-refractivity contribution < 1.29 is 14.5 Å². The molecule has 8 nitrogen and oxygen atoms in total. The Morgan fingerprint density at radius 1 is 1.13 bits per heavy atom. The fourth-order valence-corrected chi connectivity index (χ4v) is 3.47. The lowest BCUT2D eigenvalue weighted by molar-refractivity contribution is -0.385. The molecule has 0 saturated carbocycles. The van der Waals surface area contributed by atoms with Crippen LogP contribution in [0.5, 0.6) is 0 Å². The second-order valence-electron chi connectivity index (χ2n) is 7.13. The van der Waals surface area contributed by atoms with E-state index in [1.807, 2.05) is 31.2 Å². The van der Waals surface area contributed by atoms with Gasteiger partial charge in [-0.15, -0.1) is 0 Å². The highest BCUT2D eigenvalue weighted by Gasteiger charge is 2.27. The molecule has 156 valence electrons. The van der Waals surface area contributed by atoms with Crippen LogP contribution in [-0.4, -0.2) is 26.6 Å². The van der Waals surface area contributed by atoms with Crippen LogP contribution in [0.4, 0.5) is 5.69 Å². The summed E-state index contributed by atoms with van der Waals surface area (Å²) >= 11 is 6.54. The summed E-state index contributed by atoms with van der Waals surface area (Å²) in [5.41, 5.74) is 3.84. The minimum Gasteiger partial charge on any atom is -0.402 e. The molecule has 2 aromatic carbocycles. The van der Waals surface area contributed by atoms with Crippen LogP contribution in [0.15, 0.2) is 53.2 Å². The second kappa shape index (κ2) is 7.81. The summed E-state index contributed by atoms with van der Waals surface area (Å²) in [5.74, 6) is -0.671. The predicted molar refractivity (Wildman–Crippen MR) is 116 cm³/mol. The third kappa shape index (κ3) is 3.85. The number of cyclic esters (lactones) is 1. The number of ether oxygens (including phenoxy) is 1. The Morgan fingerprint density at radius 2 is 1.84 bits per heavy atom. The maximum atomic E-state index is 12.4. The lowest BCUT2D eigenvalue weighted by Crippen LogP contribution is -2.06. The largest absolute Gasteiger partial charge is 0.402 e. The molecule has 0 radical (unpaired) electrons. The Morgan fingerprint density at radius 3 is 2.52 bits per heavy atom. The number of hydrogen-bond acceptors (Lipinski definition) is 6. The molecule has 1 aliphatic rings. The maximum Gasteiger partial charge on any atom is 0.363 e. The van der Waals surface area contributed by atoms with E-state index in [9.17, 15) is 14.9 Å². The van der Waals surface area contributed by atoms with E-state index in [2.05, 4.69) is 10.1 Å². The van der Waals surface area contributed by atoms with Gasteiger partial charge in [-0.25, -0.2) is 14.5 Å². The molecule has 1 aromatic heterocycles. The van der Waals surface area contributed by atoms with Crippen LogP contribution in [0, 0.1) is 30.9 Å². The van der Waals surface area contributed by atoms with Gasteiger partial charge in [-0.1, -0.05) is 35.4 Å². The van der Waals surface area contributed by atoms with Gasteiger partial charge in [-0.3, -0.25) is 10.1 Å². The SMILES string of the molecule is Cc1ccc(-n2nc(C)c(/C=C3\N=C(c4ccc(C)c([N+](=O)[O-])c4)OC3=O)c2Cl)cc1. The molecule has 0 unspecified atom stereocenters. The Kier molecular flexibility index (Phi) is 5.16. The lowest BCUT2D eigenvalue weighted by Gasteiger charge is -2.03. The highest BCUT2D eigenvalue weighted by atomic mass is 35.5. The zero-order valence-corrected chi connectivity index (χ0v) is 17.7. The Labute approximate surface area is 182 Å². The van der Waals surface area contributed by atoms with E-state index in [1.165, 1.54) is 12.1 Å². The van der Waals surface area contributed by atoms with Gasteiger partial charge in [0.1, 0.15) is 5.15 Å². The van der Waals surface area contributed by atoms with E-state index in [1.54, 1.807) is 30.7 Å². The zero-order chi connectivity index (χ0) is 22.3. The van der Waals surface area contributed by atoms with E-state index < -0.39 is 10.9 Å². The number of carbonyl (C=O) groups is 1. The molecule has 0 N–H and O–H groups in total. The van der Waals surface area contributed by atoms with Crippen molar-refractivity contribution in [3.8, 4) is 5.69 Å². The summed E-state index contributed by atoms with van der Waals surface area (Å²) in [6.45, 7) is 5.39. The number of aryl methyl sites for hydroxylation is 3. The molecule has 0 fully saturated rings. The summed E-state index contributed by atoms with van der Waals surface area (Å²) in [6, 6.07) is 12.2. The smallest absolute Gasteiger partial charge is 0.363 e. The first-order valence-corrected chi connectivity index (χ1v) is 9.72. The standard InChI is InChI=1S/C22H17ClN4O4/c1-12-4-8-16(9-5-12)26-20(23)17(14(3)25-26)11-18-22(28)31-21(24-18)15-7-6-13(2)19(10-15)27(29)30/h4-11H,1-3H3/b18-11-. The van der Waals surface area contributed by atoms with Crippen molar-refractivity contribution in [3.63, 3.8) is 0 Å². The zero-order valence-electron chi connectivity index (χ0n) is 16.9. The number of aliphatic imine (C=N–C) groups is 1. The van der Waals surface area contributed by atoms with Crippen LogP contribution in [0.3, 0.4) is 0 Å². The van der Waals surface area contributed by atoms with Crippen LogP contribution in [0.25, 0.3) is 11.8 Å². The van der Waals surface area contributed by atoms with E-state index in [4.69, 9.17) is 16.3 Å². The molecule has 31 heavy (non-hydrogen) atoms. The number of esters is 1. The number of halogens is 1. The fraction of sp³-hybridized carbons (Fsp3) is 0.136. The predicted octanol–water partition coefficient (Wildman–Crippen LogP) is 4.70. The van der Waals surface area contributed by atoms with Crippen molar-refractivity contribution in [2.75, 3.05) is 0 Å². The quantitative estimate of drug-likeness (QED) is 0.255. The number of nitro benzene ring substituents is 1. The summed E-state index contributed by atoms with van der Waals surface area (Å²) in [4.78, 5) is 27.3. The van der Waals surface area contributed by atoms with Crippen molar-refractivity contribution in [1.29, 1.82) is 0 Å². The van der Waals surface area contributed by atoms with Gasteiger partial charge in [0.2, 0.25) is 5.90 Å². The molecule has 0 saturated heterocycles. The van der Waals surface area contributed by atoms with E-state index in [-0.39, 0.29) is 17.3 Å². The highest BCUT2D eigenvalue weighted by Crippen LogP contribution is 2.29. The first-order chi connectivity index (χ1) is 14.7. The lowest BCUT2D eigenvalue weighted by atomic mass is 10.1. The Balaban J connectivity index is 1.72. The van der Waals surface area contributed by atoms with Crippen LogP contribution >= 0.6 is 11.6 Å². The normalized spacial score (nSPS) is 14.6. The monoisotopic (exact) mass is 436 g/mol. The average molecular weight is 437 g/mol. The molecule has 0 atom stereocenters. The van der Waals surface area contributed by atoms with Gasteiger partial charge < -0.3 is 4.74 Å². The summed E-state index contributed by atoms with van der Waals surface area (Å²) in [5, 5.41) is 16.0. The van der Waals surface area contributed by atoms with Gasteiger partial charge in [0.25, 0.3) is 5.69 Å². The molecule has 0 aliphatic carbocycles. The van der Waals surface area contributed by atoms with E-state index in [0.717, 1.165) is 11.3 Å². The highest BCUT2D eigenvalue weighted by molar-refractivity contribution is 6.31. The van der Waals surface area contributed by atoms with Gasteiger partial charge in [0, 0.05) is 22.8 Å². The second-order valence-corrected chi connectivity index (χ2v) is 7.49. The molecule has 9 heteroatoms. The van der Waals surface area contributed by atoms with E-state index >= 15 is 0 Å². The third-order valence-electron chi connectivity index (χ3n) is 4.88. The number of nitrogens with zero attached hydrogens (tertiary/aromatic N) is 4. The summed E-state index contributed by atoms with van der Waals surface area (Å²) in [6.07, 6.45) is 1.51. The van der Waals surface area contributed by atoms with Gasteiger partial charge in [0.05, 0.1) is 16.3 Å². The molecule has 2 heterocycles. The van der Waals surface area contributed by atoms with Crippen LogP contribution in [0.2, 0.25) is 5.15 Å². The van der Waals surface area contributed by atoms with Crippen LogP contribution in [-0.2, 0) is 9.53 Å². The van der Waals surface area contributed by atoms with Crippen molar-refractivity contribution in [1.82, 2.24) is 9.78 Å². The van der Waals surface area contributed by atoms with Crippen LogP contribution in [0.1, 0.15) is 27.9 Å². The maximum absolute atomic E-state index is 12.4. The first-order valence-electron chi connectivity index (χ1n) is 9.34. The molecule has 0 amide bonds. The number of hydrogen-bond donors (Lipinski definition) is 0. The first kappa shape index (κ1) is 20.5. The van der Waals surface area contributed by atoms with Gasteiger partial charge in [-0.05, 0) is 45.0 Å². The molecule has 0 spiro atoms. The van der Waals surface area contributed by atoms with Gasteiger partial charge >= 0.3 is 5.97 Å². The fourth-order valence-electron chi connectivity index (χ4n) is 3.14. The average Bonchev–Trinajstić information content (AvgIpc) is 3.23. The third-order valence-corrected chi connectivity index (χ3v) is 5.24. The van der Waals surface area contributed by atoms with Gasteiger partial charge in [-0.2, -0.15) is 5.10 Å². The molecule has 0 bridgehead atoms. The Hall–Kier alpha value is -3.78. The molecular formula is C22H17ClN4O4. The molecule has 4 rings (SSSR count). The number of rotatable bonds is 4. The number of benzene rings is 2. The number of aromatic nitrogens is 2. The van der Waals surface area contributed by atoms with Gasteiger partial charge in [0.15, 0.2) is 5.70 Å². The van der Waals surface area contributed by atoms with Crippen molar-refractivity contribution >= 4 is 35.2 Å². The van der Waals surface area contributed by atoms with E-state index in [0.29, 0.717) is 27.5 Å². The minimum atomic E-state index is -0.670. The van der Waals surface area contributed by atoms with Crippen LogP contribution < -0.4 is 0 Å². The van der Waals surface area contributed by atoms with Crippen molar-refractivity contribution in [2.45, 2.75) is 20.8 Å². The molecule has 1 aliphatic heterocycles. The van der Waals surface area contributed by atoms with Crippen molar-refractivity contribution in [2.24, 2.45) is 4.99 Å². The Bertz CT molecular complexity index is 1290. The molecule has 3 aromatic rings. The summed E-state index contributed by atoms with van der Waals surface area (Å²) < 4.78 is 6.82. The molecular weight excluding hydrogens is 420 g/mol. The topological polar surface area (TPSA) is 99.6 Å². The minimum absolute atomic E-state index is 0.000878. The summed E-state index contributed by atoms with van der Waals surface area (Å²) in [7, 11) is 0. The number of nitro groups is 1. The van der Waals surface area contributed by atoms with Crippen molar-refractivity contribution in [3.05, 3.63) is 91.4 Å². The number of carbonyl (C=O) groups excluding carboxylic acids is 1.